The Bertz CT molecular complexity index is 835. The molecule has 2 aliphatic rings. The molecule has 0 bridgehead atoms. The summed E-state index contributed by atoms with van der Waals surface area (Å²) in [4.78, 5) is 11.7. The number of aliphatic hydroxyl groups excluding tert-OH is 2. The van der Waals surface area contributed by atoms with E-state index in [1.807, 2.05) is 31.2 Å². The van der Waals surface area contributed by atoms with E-state index in [9.17, 15) is 15.0 Å². The molecule has 0 saturated heterocycles. The van der Waals surface area contributed by atoms with Gasteiger partial charge in [0.1, 0.15) is 11.9 Å². The Morgan fingerprint density at radius 1 is 1.43 bits per heavy atom. The van der Waals surface area contributed by atoms with Gasteiger partial charge in [-0.1, -0.05) is 37.3 Å². The van der Waals surface area contributed by atoms with Gasteiger partial charge in [0, 0.05) is 36.2 Å². The van der Waals surface area contributed by atoms with Gasteiger partial charge in [-0.3, -0.25) is 4.79 Å². The SMILES string of the molecule is CC#CCC(C)C(O)C=CC1(CCCC(=O)OC)C(O)CC2Oc3ccccc3C21. The second-order valence-electron chi connectivity index (χ2n) is 8.42. The molecule has 0 spiro atoms. The van der Waals surface area contributed by atoms with Crippen molar-refractivity contribution in [1.29, 1.82) is 0 Å². The number of methoxy groups -OCH3 is 1. The van der Waals surface area contributed by atoms with Gasteiger partial charge in [-0.25, -0.2) is 0 Å². The largest absolute Gasteiger partial charge is 0.489 e. The van der Waals surface area contributed by atoms with Crippen molar-refractivity contribution in [3.63, 3.8) is 0 Å². The second-order valence-corrected chi connectivity index (χ2v) is 8.42. The Morgan fingerprint density at radius 3 is 2.93 bits per heavy atom. The summed E-state index contributed by atoms with van der Waals surface area (Å²) in [6, 6.07) is 7.95. The average molecular weight is 413 g/mol. The van der Waals surface area contributed by atoms with Crippen molar-refractivity contribution in [3.8, 4) is 17.6 Å². The molecule has 1 aliphatic carbocycles. The highest BCUT2D eigenvalue weighted by Crippen LogP contribution is 2.59. The molecule has 1 fully saturated rings. The molecule has 1 saturated carbocycles. The van der Waals surface area contributed by atoms with Gasteiger partial charge in [-0.2, -0.15) is 0 Å². The van der Waals surface area contributed by atoms with Crippen LogP contribution in [-0.4, -0.2) is 41.6 Å². The smallest absolute Gasteiger partial charge is 0.305 e. The minimum absolute atomic E-state index is 0.0118. The molecule has 2 N–H and O–H groups in total. The first kappa shape index (κ1) is 22.4. The molecule has 1 aromatic rings. The minimum atomic E-state index is -0.660. The van der Waals surface area contributed by atoms with Crippen LogP contribution in [0.15, 0.2) is 36.4 Å². The first-order valence-corrected chi connectivity index (χ1v) is 10.7. The zero-order valence-electron chi connectivity index (χ0n) is 18.0. The summed E-state index contributed by atoms with van der Waals surface area (Å²) >= 11 is 0. The number of hydrogen-bond acceptors (Lipinski definition) is 5. The van der Waals surface area contributed by atoms with Gasteiger partial charge in [-0.05, 0) is 31.7 Å². The van der Waals surface area contributed by atoms with Crippen LogP contribution in [0.2, 0.25) is 0 Å². The molecule has 6 unspecified atom stereocenters. The van der Waals surface area contributed by atoms with Crippen molar-refractivity contribution in [2.24, 2.45) is 11.3 Å². The molecule has 30 heavy (non-hydrogen) atoms. The van der Waals surface area contributed by atoms with E-state index in [2.05, 4.69) is 17.9 Å². The maximum atomic E-state index is 11.7. The molecule has 1 heterocycles. The number of benzene rings is 1. The molecule has 162 valence electrons. The van der Waals surface area contributed by atoms with Gasteiger partial charge in [0.25, 0.3) is 0 Å². The fourth-order valence-corrected chi connectivity index (χ4v) is 4.86. The summed E-state index contributed by atoms with van der Waals surface area (Å²) in [6.45, 7) is 3.75. The third-order valence-electron chi connectivity index (χ3n) is 6.57. The number of rotatable bonds is 8. The van der Waals surface area contributed by atoms with E-state index in [-0.39, 0.29) is 23.9 Å². The van der Waals surface area contributed by atoms with E-state index in [4.69, 9.17) is 9.47 Å². The summed E-state index contributed by atoms with van der Waals surface area (Å²) in [6.07, 6.45) is 5.01. The van der Waals surface area contributed by atoms with Crippen LogP contribution in [-0.2, 0) is 9.53 Å². The van der Waals surface area contributed by atoms with Crippen LogP contribution in [0.1, 0.15) is 57.4 Å². The zero-order valence-corrected chi connectivity index (χ0v) is 18.0. The Balaban J connectivity index is 1.90. The molecule has 1 aliphatic heterocycles. The van der Waals surface area contributed by atoms with Crippen LogP contribution in [0, 0.1) is 23.2 Å². The molecular formula is C25H32O5. The number of carbonyl (C=O) groups is 1. The minimum Gasteiger partial charge on any atom is -0.489 e. The van der Waals surface area contributed by atoms with Crippen LogP contribution in [0.4, 0.5) is 0 Å². The van der Waals surface area contributed by atoms with E-state index in [0.717, 1.165) is 11.3 Å². The van der Waals surface area contributed by atoms with Crippen LogP contribution in [0.25, 0.3) is 0 Å². The molecule has 0 radical (unpaired) electrons. The predicted molar refractivity (Wildman–Crippen MR) is 115 cm³/mol. The fraction of sp³-hybridized carbons (Fsp3) is 0.560. The topological polar surface area (TPSA) is 76.0 Å². The molecule has 5 heteroatoms. The van der Waals surface area contributed by atoms with Gasteiger partial charge in [0.15, 0.2) is 0 Å². The van der Waals surface area contributed by atoms with E-state index in [1.165, 1.54) is 7.11 Å². The number of hydrogen-bond donors (Lipinski definition) is 2. The average Bonchev–Trinajstić information content (AvgIpc) is 3.24. The van der Waals surface area contributed by atoms with Crippen LogP contribution < -0.4 is 4.74 Å². The van der Waals surface area contributed by atoms with E-state index in [1.54, 1.807) is 13.0 Å². The highest BCUT2D eigenvalue weighted by molar-refractivity contribution is 5.69. The molecule has 1 aromatic carbocycles. The highest BCUT2D eigenvalue weighted by atomic mass is 16.5. The van der Waals surface area contributed by atoms with Crippen LogP contribution in [0.3, 0.4) is 0 Å². The van der Waals surface area contributed by atoms with Crippen molar-refractivity contribution in [1.82, 2.24) is 0 Å². The number of aliphatic hydroxyl groups is 2. The molecule has 0 amide bonds. The summed E-state index contributed by atoms with van der Waals surface area (Å²) in [5.41, 5.74) is 0.476. The zero-order chi connectivity index (χ0) is 21.7. The van der Waals surface area contributed by atoms with Crippen molar-refractivity contribution in [2.45, 2.75) is 70.2 Å². The lowest BCUT2D eigenvalue weighted by atomic mass is 9.69. The van der Waals surface area contributed by atoms with E-state index in [0.29, 0.717) is 32.1 Å². The van der Waals surface area contributed by atoms with E-state index >= 15 is 0 Å². The van der Waals surface area contributed by atoms with Gasteiger partial charge in [-0.15, -0.1) is 11.8 Å². The first-order valence-electron chi connectivity index (χ1n) is 10.7. The molecular weight excluding hydrogens is 380 g/mol. The summed E-state index contributed by atoms with van der Waals surface area (Å²) in [5, 5.41) is 21.8. The maximum absolute atomic E-state index is 11.7. The van der Waals surface area contributed by atoms with E-state index < -0.39 is 17.6 Å². The van der Waals surface area contributed by atoms with Crippen molar-refractivity contribution >= 4 is 5.97 Å². The highest BCUT2D eigenvalue weighted by Gasteiger charge is 2.57. The molecule has 5 nitrogen and oxygen atoms in total. The Hall–Kier alpha value is -2.29. The second kappa shape index (κ2) is 9.68. The number of para-hydroxylation sites is 1. The van der Waals surface area contributed by atoms with Gasteiger partial charge < -0.3 is 19.7 Å². The molecule has 3 rings (SSSR count). The molecule has 6 atom stereocenters. The van der Waals surface area contributed by atoms with Crippen LogP contribution >= 0.6 is 0 Å². The van der Waals surface area contributed by atoms with Crippen molar-refractivity contribution in [3.05, 3.63) is 42.0 Å². The van der Waals surface area contributed by atoms with Gasteiger partial charge in [0.05, 0.1) is 19.3 Å². The lowest BCUT2D eigenvalue weighted by Crippen LogP contribution is -2.34. The third-order valence-corrected chi connectivity index (χ3v) is 6.57. The Morgan fingerprint density at radius 2 is 2.20 bits per heavy atom. The van der Waals surface area contributed by atoms with Crippen LogP contribution in [0.5, 0.6) is 5.75 Å². The molecule has 0 aromatic heterocycles. The van der Waals surface area contributed by atoms with Gasteiger partial charge in [0.2, 0.25) is 0 Å². The quantitative estimate of drug-likeness (QED) is 0.388. The third kappa shape index (κ3) is 4.40. The summed E-state index contributed by atoms with van der Waals surface area (Å²) < 4.78 is 10.9. The lowest BCUT2D eigenvalue weighted by Gasteiger charge is -2.35. The fourth-order valence-electron chi connectivity index (χ4n) is 4.86. The number of ether oxygens (including phenoxy) is 2. The lowest BCUT2D eigenvalue weighted by molar-refractivity contribution is -0.140. The normalized spacial score (nSPS) is 28.8. The maximum Gasteiger partial charge on any atom is 0.305 e. The Kier molecular flexibility index (Phi) is 7.23. The summed E-state index contributed by atoms with van der Waals surface area (Å²) in [5.74, 6) is 6.45. The van der Waals surface area contributed by atoms with Crippen molar-refractivity contribution in [2.75, 3.05) is 7.11 Å². The predicted octanol–water partition coefficient (Wildman–Crippen LogP) is 3.59. The first-order chi connectivity index (χ1) is 14.4. The van der Waals surface area contributed by atoms with Crippen molar-refractivity contribution < 1.29 is 24.5 Å². The number of carbonyl (C=O) groups excluding carboxylic acids is 1. The summed E-state index contributed by atoms with van der Waals surface area (Å²) in [7, 11) is 1.39. The Labute approximate surface area is 179 Å². The number of esters is 1. The standard InChI is InChI=1S/C25H32O5/c1-4-5-9-17(2)19(26)13-15-25(14-8-12-23(28)29-3)22(27)16-21-24(25)18-10-6-7-11-20(18)30-21/h6-7,10-11,13,15,17,19,21-22,24,26-27H,8-9,12,14,16H2,1-3H3. The number of fused-ring (bicyclic) bond motifs is 3. The van der Waals surface area contributed by atoms with Gasteiger partial charge >= 0.3 is 5.97 Å². The monoisotopic (exact) mass is 412 g/mol.